The number of non-ortho nitro benzene ring substituents is 1. The van der Waals surface area contributed by atoms with Gasteiger partial charge in [-0.2, -0.15) is 0 Å². The SMILES string of the molecule is COc1cc([N+](=O)[O-])ccc1N1C(=O)C2C3CCCN3C3(C(=O)Nc4ccccc43)C2C1=O. The molecule has 4 heterocycles. The van der Waals surface area contributed by atoms with Crippen LogP contribution in [0.25, 0.3) is 0 Å². The molecule has 10 nitrogen and oxygen atoms in total. The fraction of sp³-hybridized carbons (Fsp3) is 0.348. The van der Waals surface area contributed by atoms with Crippen molar-refractivity contribution in [3.05, 3.63) is 58.1 Å². The molecule has 2 aromatic rings. The largest absolute Gasteiger partial charge is 0.494 e. The highest BCUT2D eigenvalue weighted by Gasteiger charge is 2.74. The molecule has 2 aromatic carbocycles. The lowest BCUT2D eigenvalue weighted by atomic mass is 9.75. The van der Waals surface area contributed by atoms with E-state index in [1.165, 1.54) is 25.3 Å². The van der Waals surface area contributed by atoms with Crippen LogP contribution < -0.4 is 15.0 Å². The molecule has 6 rings (SSSR count). The molecule has 0 radical (unpaired) electrons. The molecule has 0 aromatic heterocycles. The number of carbonyl (C=O) groups is 3. The molecular weight excluding hydrogens is 428 g/mol. The van der Waals surface area contributed by atoms with E-state index in [0.717, 1.165) is 11.3 Å². The van der Waals surface area contributed by atoms with Gasteiger partial charge in [-0.25, -0.2) is 4.90 Å². The van der Waals surface area contributed by atoms with E-state index in [2.05, 4.69) is 5.32 Å². The maximum absolute atomic E-state index is 13.9. The number of amides is 3. The Morgan fingerprint density at radius 3 is 2.70 bits per heavy atom. The molecule has 1 N–H and O–H groups in total. The zero-order valence-corrected chi connectivity index (χ0v) is 17.7. The van der Waals surface area contributed by atoms with Crippen molar-refractivity contribution in [2.24, 2.45) is 11.8 Å². The van der Waals surface area contributed by atoms with Crippen LogP contribution in [0, 0.1) is 22.0 Å². The van der Waals surface area contributed by atoms with E-state index in [1.54, 1.807) is 6.07 Å². The minimum absolute atomic E-state index is 0.0551. The monoisotopic (exact) mass is 448 g/mol. The molecule has 0 saturated carbocycles. The number of fused-ring (bicyclic) bond motifs is 7. The van der Waals surface area contributed by atoms with Gasteiger partial charge in [0, 0.05) is 23.4 Å². The lowest BCUT2D eigenvalue weighted by Gasteiger charge is -2.36. The quantitative estimate of drug-likeness (QED) is 0.433. The summed E-state index contributed by atoms with van der Waals surface area (Å²) < 4.78 is 5.31. The van der Waals surface area contributed by atoms with Gasteiger partial charge in [-0.1, -0.05) is 18.2 Å². The summed E-state index contributed by atoms with van der Waals surface area (Å²) in [6.07, 6.45) is 1.54. The number of para-hydroxylation sites is 1. The third kappa shape index (κ3) is 2.28. The fourth-order valence-electron chi connectivity index (χ4n) is 6.36. The van der Waals surface area contributed by atoms with Gasteiger partial charge >= 0.3 is 0 Å². The highest BCUT2D eigenvalue weighted by molar-refractivity contribution is 6.26. The zero-order chi connectivity index (χ0) is 23.1. The summed E-state index contributed by atoms with van der Waals surface area (Å²) >= 11 is 0. The number of nitrogens with zero attached hydrogens (tertiary/aromatic N) is 3. The number of anilines is 2. The third-order valence-electron chi connectivity index (χ3n) is 7.52. The first-order valence-electron chi connectivity index (χ1n) is 10.8. The summed E-state index contributed by atoms with van der Waals surface area (Å²) in [5.74, 6) is -2.70. The third-order valence-corrected chi connectivity index (χ3v) is 7.52. The molecule has 0 aliphatic carbocycles. The van der Waals surface area contributed by atoms with Crippen molar-refractivity contribution in [3.63, 3.8) is 0 Å². The topological polar surface area (TPSA) is 122 Å². The van der Waals surface area contributed by atoms with Crippen LogP contribution in [0.4, 0.5) is 17.1 Å². The fourth-order valence-corrected chi connectivity index (χ4v) is 6.36. The molecule has 1 spiro atoms. The molecule has 4 aliphatic rings. The van der Waals surface area contributed by atoms with Gasteiger partial charge in [0.05, 0.1) is 35.6 Å². The lowest BCUT2D eigenvalue weighted by molar-refractivity contribution is -0.384. The highest BCUT2D eigenvalue weighted by Crippen LogP contribution is 2.61. The molecule has 3 amide bonds. The number of rotatable bonds is 3. The Kier molecular flexibility index (Phi) is 3.98. The molecule has 168 valence electrons. The number of hydrogen-bond acceptors (Lipinski definition) is 7. The normalized spacial score (nSPS) is 29.9. The first kappa shape index (κ1) is 19.9. The van der Waals surface area contributed by atoms with Crippen LogP contribution in [0.3, 0.4) is 0 Å². The van der Waals surface area contributed by atoms with Crippen LogP contribution in [0.5, 0.6) is 5.75 Å². The lowest BCUT2D eigenvalue weighted by Crippen LogP contribution is -2.54. The Balaban J connectivity index is 1.53. The summed E-state index contributed by atoms with van der Waals surface area (Å²) in [4.78, 5) is 55.0. The van der Waals surface area contributed by atoms with Crippen LogP contribution >= 0.6 is 0 Å². The van der Waals surface area contributed by atoms with E-state index in [4.69, 9.17) is 4.74 Å². The highest BCUT2D eigenvalue weighted by atomic mass is 16.6. The molecule has 33 heavy (non-hydrogen) atoms. The minimum atomic E-state index is -1.25. The molecule has 0 bridgehead atoms. The average Bonchev–Trinajstić information content (AvgIpc) is 3.51. The average molecular weight is 448 g/mol. The van der Waals surface area contributed by atoms with Gasteiger partial charge in [-0.15, -0.1) is 0 Å². The maximum atomic E-state index is 13.9. The summed E-state index contributed by atoms with van der Waals surface area (Å²) in [5.41, 5.74) is 0.0579. The van der Waals surface area contributed by atoms with Crippen molar-refractivity contribution in [3.8, 4) is 5.75 Å². The van der Waals surface area contributed by atoms with Gasteiger partial charge < -0.3 is 10.1 Å². The molecule has 4 unspecified atom stereocenters. The summed E-state index contributed by atoms with van der Waals surface area (Å²) in [5, 5.41) is 14.1. The number of imide groups is 1. The van der Waals surface area contributed by atoms with Gasteiger partial charge in [0.15, 0.2) is 0 Å². The Labute approximate surface area is 188 Å². The van der Waals surface area contributed by atoms with Crippen LogP contribution in [0.15, 0.2) is 42.5 Å². The number of methoxy groups -OCH3 is 1. The molecule has 3 saturated heterocycles. The number of nitro groups is 1. The van der Waals surface area contributed by atoms with Crippen molar-refractivity contribution >= 4 is 34.8 Å². The van der Waals surface area contributed by atoms with Crippen LogP contribution in [0.2, 0.25) is 0 Å². The molecule has 4 atom stereocenters. The predicted molar refractivity (Wildman–Crippen MR) is 116 cm³/mol. The predicted octanol–water partition coefficient (Wildman–Crippen LogP) is 2.03. The van der Waals surface area contributed by atoms with Crippen molar-refractivity contribution < 1.29 is 24.0 Å². The Bertz CT molecular complexity index is 1260. The standard InChI is InChI=1S/C23H20N4O6/c1-33-17-11-12(27(31)32)8-9-15(17)26-20(28)18-16-7-4-10-25(16)23(19(18)21(26)29)13-5-2-3-6-14(13)24-22(23)30/h2-3,5-6,8-9,11,16,18-19H,4,7,10H2,1H3,(H,24,30). The molecule has 10 heteroatoms. The molecule has 4 aliphatic heterocycles. The molecule has 3 fully saturated rings. The van der Waals surface area contributed by atoms with Crippen molar-refractivity contribution in [1.82, 2.24) is 4.90 Å². The first-order valence-corrected chi connectivity index (χ1v) is 10.8. The van der Waals surface area contributed by atoms with Crippen molar-refractivity contribution in [1.29, 1.82) is 0 Å². The van der Waals surface area contributed by atoms with Crippen molar-refractivity contribution in [2.75, 3.05) is 23.9 Å². The maximum Gasteiger partial charge on any atom is 0.273 e. The van der Waals surface area contributed by atoms with E-state index in [0.29, 0.717) is 24.2 Å². The van der Waals surface area contributed by atoms with E-state index in [9.17, 15) is 24.5 Å². The van der Waals surface area contributed by atoms with E-state index in [1.807, 2.05) is 23.1 Å². The Morgan fingerprint density at radius 1 is 1.15 bits per heavy atom. The van der Waals surface area contributed by atoms with Crippen LogP contribution in [-0.2, 0) is 19.9 Å². The second kappa shape index (κ2) is 6.61. The van der Waals surface area contributed by atoms with E-state index in [-0.39, 0.29) is 29.1 Å². The summed E-state index contributed by atoms with van der Waals surface area (Å²) in [6.45, 7) is 0.626. The van der Waals surface area contributed by atoms with Gasteiger partial charge in [-0.3, -0.25) is 29.4 Å². The van der Waals surface area contributed by atoms with Gasteiger partial charge in [-0.05, 0) is 31.5 Å². The number of carbonyl (C=O) groups excluding carboxylic acids is 3. The van der Waals surface area contributed by atoms with Gasteiger partial charge in [0.1, 0.15) is 11.3 Å². The van der Waals surface area contributed by atoms with Gasteiger partial charge in [0.2, 0.25) is 17.7 Å². The van der Waals surface area contributed by atoms with Crippen molar-refractivity contribution in [2.45, 2.75) is 24.4 Å². The summed E-state index contributed by atoms with van der Waals surface area (Å²) in [7, 11) is 1.33. The molecular formula is C23H20N4O6. The van der Waals surface area contributed by atoms with Crippen LogP contribution in [-0.4, -0.2) is 47.2 Å². The number of hydrogen-bond donors (Lipinski definition) is 1. The van der Waals surface area contributed by atoms with Crippen LogP contribution in [0.1, 0.15) is 18.4 Å². The minimum Gasteiger partial charge on any atom is -0.494 e. The Hall–Kier alpha value is -3.79. The van der Waals surface area contributed by atoms with Gasteiger partial charge in [0.25, 0.3) is 5.69 Å². The Morgan fingerprint density at radius 2 is 1.94 bits per heavy atom. The second-order valence-electron chi connectivity index (χ2n) is 8.80. The number of nitrogens with one attached hydrogen (secondary N) is 1. The summed E-state index contributed by atoms with van der Waals surface area (Å²) in [6, 6.07) is 10.9. The first-order chi connectivity index (χ1) is 15.9. The second-order valence-corrected chi connectivity index (χ2v) is 8.80. The number of nitro benzene ring substituents is 1. The number of ether oxygens (including phenoxy) is 1. The van der Waals surface area contributed by atoms with E-state index < -0.39 is 34.1 Å². The zero-order valence-electron chi connectivity index (χ0n) is 17.7. The van der Waals surface area contributed by atoms with E-state index >= 15 is 0 Å². The smallest absolute Gasteiger partial charge is 0.273 e. The number of benzene rings is 2.